The summed E-state index contributed by atoms with van der Waals surface area (Å²) in [6, 6.07) is 36.1. The molecule has 0 aliphatic rings. The molecule has 1 heterocycles. The van der Waals surface area contributed by atoms with Crippen molar-refractivity contribution >= 4 is 28.1 Å². The molecule has 0 fully saturated rings. The van der Waals surface area contributed by atoms with Crippen LogP contribution < -0.4 is 0 Å². The Kier molecular flexibility index (Phi) is 4.23. The van der Waals surface area contributed by atoms with E-state index in [0.717, 1.165) is 0 Å². The number of rotatable bonds is 4. The van der Waals surface area contributed by atoms with Gasteiger partial charge in [-0.25, -0.2) is 0 Å². The first-order chi connectivity index (χ1) is 13.9. The highest BCUT2D eigenvalue weighted by atomic mass is 15.0. The Hall–Kier alpha value is -3.65. The molecular weight excluding hydrogens is 340 g/mol. The predicted molar refractivity (Wildman–Crippen MR) is 119 cm³/mol. The number of benzene rings is 4. The van der Waals surface area contributed by atoms with E-state index in [1.54, 1.807) is 0 Å². The molecule has 0 aliphatic heterocycles. The molecule has 2 nitrogen and oxygen atoms in total. The van der Waals surface area contributed by atoms with E-state index in [2.05, 4.69) is 102 Å². The molecule has 0 aliphatic carbocycles. The highest BCUT2D eigenvalue weighted by Crippen LogP contribution is 2.31. The molecule has 28 heavy (non-hydrogen) atoms. The largest absolute Gasteiger partial charge is 0.300 e. The van der Waals surface area contributed by atoms with Gasteiger partial charge in [-0.05, 0) is 34.9 Å². The predicted octanol–water partition coefficient (Wildman–Crippen LogP) is 6.54. The Bertz CT molecular complexity index is 1270. The van der Waals surface area contributed by atoms with Crippen LogP contribution in [0.4, 0.5) is 0 Å². The van der Waals surface area contributed by atoms with Crippen molar-refractivity contribution in [3.8, 4) is 11.1 Å². The van der Waals surface area contributed by atoms with Crippen LogP contribution in [-0.4, -0.2) is 10.9 Å². The van der Waals surface area contributed by atoms with Crippen molar-refractivity contribution in [1.29, 1.82) is 0 Å². The molecule has 0 bridgehead atoms. The van der Waals surface area contributed by atoms with Crippen LogP contribution >= 0.6 is 0 Å². The van der Waals surface area contributed by atoms with Gasteiger partial charge in [0.15, 0.2) is 0 Å². The fourth-order valence-electron chi connectivity index (χ4n) is 3.75. The van der Waals surface area contributed by atoms with Crippen molar-refractivity contribution in [2.24, 2.45) is 4.99 Å². The molecule has 1 aromatic heterocycles. The lowest BCUT2D eigenvalue weighted by molar-refractivity contribution is 1.06. The molecule has 5 aromatic rings. The second kappa shape index (κ2) is 7.16. The summed E-state index contributed by atoms with van der Waals surface area (Å²) in [6.45, 7) is 0.678. The van der Waals surface area contributed by atoms with Crippen molar-refractivity contribution < 1.29 is 0 Å². The monoisotopic (exact) mass is 360 g/mol. The number of aliphatic imine (C=N–C) groups is 1. The summed E-state index contributed by atoms with van der Waals surface area (Å²) in [5, 5.41) is 2.50. The number of hydrogen-bond donors (Lipinski definition) is 0. The molecular formula is C26H20N2. The van der Waals surface area contributed by atoms with E-state index in [0.29, 0.717) is 6.54 Å². The topological polar surface area (TPSA) is 17.3 Å². The van der Waals surface area contributed by atoms with Crippen LogP contribution in [0.25, 0.3) is 32.9 Å². The number of hydrogen-bond acceptors (Lipinski definition) is 1. The quantitative estimate of drug-likeness (QED) is 0.256. The van der Waals surface area contributed by atoms with Gasteiger partial charge in [0, 0.05) is 10.8 Å². The van der Waals surface area contributed by atoms with Gasteiger partial charge >= 0.3 is 0 Å². The van der Waals surface area contributed by atoms with Crippen LogP contribution in [0.5, 0.6) is 0 Å². The summed E-state index contributed by atoms with van der Waals surface area (Å²) < 4.78 is 2.20. The maximum absolute atomic E-state index is 4.70. The Morgan fingerprint density at radius 2 is 1.29 bits per heavy atom. The Morgan fingerprint density at radius 1 is 0.607 bits per heavy atom. The Morgan fingerprint density at radius 3 is 2.11 bits per heavy atom. The average Bonchev–Trinajstić information content (AvgIpc) is 3.08. The van der Waals surface area contributed by atoms with Gasteiger partial charge in [-0.15, -0.1) is 0 Å². The smallest absolute Gasteiger partial charge is 0.0944 e. The first-order valence-electron chi connectivity index (χ1n) is 9.52. The maximum atomic E-state index is 4.70. The van der Waals surface area contributed by atoms with Crippen LogP contribution in [0.3, 0.4) is 0 Å². The fourth-order valence-corrected chi connectivity index (χ4v) is 3.75. The van der Waals surface area contributed by atoms with Gasteiger partial charge in [0.2, 0.25) is 0 Å². The molecule has 0 amide bonds. The second-order valence-corrected chi connectivity index (χ2v) is 6.93. The molecule has 0 spiro atoms. The minimum Gasteiger partial charge on any atom is -0.300 e. The van der Waals surface area contributed by atoms with Crippen LogP contribution in [-0.2, 0) is 6.54 Å². The normalized spacial score (nSPS) is 11.6. The molecule has 0 unspecified atom stereocenters. The minimum atomic E-state index is 0.678. The number of fused-ring (bicyclic) bond motifs is 3. The number of aromatic nitrogens is 1. The second-order valence-electron chi connectivity index (χ2n) is 6.93. The van der Waals surface area contributed by atoms with Crippen molar-refractivity contribution in [3.05, 3.63) is 109 Å². The molecule has 0 saturated carbocycles. The van der Waals surface area contributed by atoms with Gasteiger partial charge in [-0.3, -0.25) is 4.99 Å². The lowest BCUT2D eigenvalue weighted by Gasteiger charge is -2.03. The van der Waals surface area contributed by atoms with Crippen molar-refractivity contribution in [1.82, 2.24) is 4.57 Å². The summed E-state index contributed by atoms with van der Waals surface area (Å²) in [4.78, 5) is 4.70. The molecule has 0 radical (unpaired) electrons. The molecule has 5 rings (SSSR count). The highest BCUT2D eigenvalue weighted by Gasteiger charge is 2.10. The SMILES string of the molecule is C(=N/Cc1ccccc1)/n1c2ccccc2c2cc(-c3ccccc3)ccc21. The van der Waals surface area contributed by atoms with Crippen LogP contribution in [0.15, 0.2) is 108 Å². The minimum absolute atomic E-state index is 0.678. The summed E-state index contributed by atoms with van der Waals surface area (Å²) in [6.07, 6.45) is 1.96. The van der Waals surface area contributed by atoms with Crippen LogP contribution in [0, 0.1) is 0 Å². The lowest BCUT2D eigenvalue weighted by Crippen LogP contribution is -1.95. The first-order valence-corrected chi connectivity index (χ1v) is 9.52. The molecule has 4 aromatic carbocycles. The lowest BCUT2D eigenvalue weighted by atomic mass is 10.0. The highest BCUT2D eigenvalue weighted by molar-refractivity contribution is 6.12. The summed E-state index contributed by atoms with van der Waals surface area (Å²) in [5.74, 6) is 0. The summed E-state index contributed by atoms with van der Waals surface area (Å²) >= 11 is 0. The Labute approximate surface area is 164 Å². The molecule has 0 atom stereocenters. The number of nitrogens with zero attached hydrogens (tertiary/aromatic N) is 2. The Balaban J connectivity index is 1.62. The summed E-state index contributed by atoms with van der Waals surface area (Å²) in [5.41, 5.74) is 6.04. The van der Waals surface area contributed by atoms with E-state index in [1.165, 1.54) is 38.5 Å². The third kappa shape index (κ3) is 2.99. The average molecular weight is 360 g/mol. The maximum Gasteiger partial charge on any atom is 0.0944 e. The summed E-state index contributed by atoms with van der Waals surface area (Å²) in [7, 11) is 0. The van der Waals surface area contributed by atoms with E-state index in [9.17, 15) is 0 Å². The van der Waals surface area contributed by atoms with E-state index in [1.807, 2.05) is 12.4 Å². The zero-order valence-corrected chi connectivity index (χ0v) is 15.5. The molecule has 0 N–H and O–H groups in total. The number of para-hydroxylation sites is 1. The van der Waals surface area contributed by atoms with Gasteiger partial charge in [0.1, 0.15) is 0 Å². The fraction of sp³-hybridized carbons (Fsp3) is 0.0385. The third-order valence-corrected chi connectivity index (χ3v) is 5.13. The van der Waals surface area contributed by atoms with E-state index in [4.69, 9.17) is 4.99 Å². The standard InChI is InChI=1S/C26H20N2/c1-3-9-20(10-4-1)18-27-19-28-25-14-8-7-13-23(25)24-17-22(15-16-26(24)28)21-11-5-2-6-12-21/h1-17,19H,18H2/b27-19-. The van der Waals surface area contributed by atoms with Gasteiger partial charge in [0.25, 0.3) is 0 Å². The molecule has 0 saturated heterocycles. The van der Waals surface area contributed by atoms with Crippen molar-refractivity contribution in [3.63, 3.8) is 0 Å². The van der Waals surface area contributed by atoms with Crippen molar-refractivity contribution in [2.45, 2.75) is 6.54 Å². The van der Waals surface area contributed by atoms with E-state index < -0.39 is 0 Å². The first kappa shape index (κ1) is 16.5. The van der Waals surface area contributed by atoms with Crippen LogP contribution in [0.2, 0.25) is 0 Å². The van der Waals surface area contributed by atoms with Gasteiger partial charge in [-0.2, -0.15) is 0 Å². The van der Waals surface area contributed by atoms with Crippen LogP contribution in [0.1, 0.15) is 5.56 Å². The molecule has 2 heteroatoms. The van der Waals surface area contributed by atoms with E-state index in [-0.39, 0.29) is 0 Å². The zero-order chi connectivity index (χ0) is 18.8. The van der Waals surface area contributed by atoms with Gasteiger partial charge in [-0.1, -0.05) is 84.9 Å². The van der Waals surface area contributed by atoms with E-state index >= 15 is 0 Å². The third-order valence-electron chi connectivity index (χ3n) is 5.13. The van der Waals surface area contributed by atoms with Gasteiger partial charge < -0.3 is 4.57 Å². The van der Waals surface area contributed by atoms with Crippen molar-refractivity contribution in [2.75, 3.05) is 0 Å². The van der Waals surface area contributed by atoms with Gasteiger partial charge in [0.05, 0.1) is 23.9 Å². The molecule has 134 valence electrons. The zero-order valence-electron chi connectivity index (χ0n) is 15.5.